The van der Waals surface area contributed by atoms with Crippen molar-refractivity contribution >= 4 is 50.2 Å². The Labute approximate surface area is 154 Å². The molecule has 0 aliphatic heterocycles. The van der Waals surface area contributed by atoms with E-state index in [0.717, 1.165) is 0 Å². The Balaban J connectivity index is 1.77. The van der Waals surface area contributed by atoms with Crippen molar-refractivity contribution in [2.75, 3.05) is 10.0 Å². The first-order valence-corrected chi connectivity index (χ1v) is 9.96. The molecule has 0 unspecified atom stereocenters. The molecule has 8 heteroatoms. The van der Waals surface area contributed by atoms with Crippen molar-refractivity contribution in [3.63, 3.8) is 0 Å². The van der Waals surface area contributed by atoms with Gasteiger partial charge in [-0.2, -0.15) is 11.3 Å². The molecule has 0 spiro atoms. The number of rotatable bonds is 5. The Bertz CT molecular complexity index is 985. The zero-order chi connectivity index (χ0) is 17.9. The molecule has 0 atom stereocenters. The van der Waals surface area contributed by atoms with Crippen LogP contribution in [-0.2, 0) is 10.0 Å². The normalized spacial score (nSPS) is 11.1. The number of amides is 1. The molecular weight excluding hydrogens is 380 g/mol. The average Bonchev–Trinajstić information content (AvgIpc) is 3.10. The topological polar surface area (TPSA) is 75.3 Å². The van der Waals surface area contributed by atoms with Crippen molar-refractivity contribution in [3.8, 4) is 0 Å². The van der Waals surface area contributed by atoms with Gasteiger partial charge in [0.25, 0.3) is 15.9 Å². The van der Waals surface area contributed by atoms with E-state index in [1.807, 2.05) is 5.38 Å². The predicted molar refractivity (Wildman–Crippen MR) is 101 cm³/mol. The summed E-state index contributed by atoms with van der Waals surface area (Å²) < 4.78 is 27.3. The van der Waals surface area contributed by atoms with E-state index in [0.29, 0.717) is 22.0 Å². The maximum absolute atomic E-state index is 12.4. The van der Waals surface area contributed by atoms with Crippen LogP contribution in [0.3, 0.4) is 0 Å². The van der Waals surface area contributed by atoms with Gasteiger partial charge in [0.15, 0.2) is 0 Å². The highest BCUT2D eigenvalue weighted by Gasteiger charge is 2.14. The van der Waals surface area contributed by atoms with E-state index in [4.69, 9.17) is 11.6 Å². The van der Waals surface area contributed by atoms with Crippen LogP contribution in [0.1, 0.15) is 10.4 Å². The van der Waals surface area contributed by atoms with Crippen LogP contribution < -0.4 is 10.0 Å². The van der Waals surface area contributed by atoms with Crippen LogP contribution in [0.4, 0.5) is 11.4 Å². The van der Waals surface area contributed by atoms with Crippen LogP contribution >= 0.6 is 22.9 Å². The molecule has 3 rings (SSSR count). The second kappa shape index (κ2) is 7.26. The number of carbonyl (C=O) groups is 1. The summed E-state index contributed by atoms with van der Waals surface area (Å²) in [6, 6.07) is 14.1. The van der Waals surface area contributed by atoms with Crippen molar-refractivity contribution in [1.29, 1.82) is 0 Å². The van der Waals surface area contributed by atoms with Crippen LogP contribution in [0.15, 0.2) is 70.3 Å². The molecule has 0 saturated heterocycles. The quantitative estimate of drug-likeness (QED) is 0.673. The molecule has 0 bridgehead atoms. The largest absolute Gasteiger partial charge is 0.322 e. The zero-order valence-electron chi connectivity index (χ0n) is 12.8. The number of nitrogens with one attached hydrogen (secondary N) is 2. The van der Waals surface area contributed by atoms with Gasteiger partial charge in [0, 0.05) is 16.1 Å². The van der Waals surface area contributed by atoms with Gasteiger partial charge in [-0.05, 0) is 53.9 Å². The first kappa shape index (κ1) is 17.5. The van der Waals surface area contributed by atoms with Gasteiger partial charge in [-0.15, -0.1) is 0 Å². The zero-order valence-corrected chi connectivity index (χ0v) is 15.2. The minimum absolute atomic E-state index is 0.101. The fraction of sp³-hybridized carbons (Fsp3) is 0. The summed E-state index contributed by atoms with van der Waals surface area (Å²) in [5.74, 6) is -0.251. The van der Waals surface area contributed by atoms with E-state index in [9.17, 15) is 13.2 Å². The monoisotopic (exact) mass is 392 g/mol. The lowest BCUT2D eigenvalue weighted by Crippen LogP contribution is -2.14. The number of anilines is 2. The molecule has 3 aromatic rings. The molecule has 1 amide bonds. The standard InChI is InChI=1S/C17H13ClN2O3S2/c18-13-4-6-16(7-5-13)25(22,23)20-15-3-1-2-14(10-15)19-17(21)12-8-9-24-11-12/h1-11,20H,(H,19,21). The lowest BCUT2D eigenvalue weighted by Gasteiger charge is -2.10. The molecule has 128 valence electrons. The van der Waals surface area contributed by atoms with E-state index >= 15 is 0 Å². The number of hydrogen-bond acceptors (Lipinski definition) is 4. The molecule has 2 aromatic carbocycles. The predicted octanol–water partition coefficient (Wildman–Crippen LogP) is 4.45. The van der Waals surface area contributed by atoms with Crippen LogP contribution in [0, 0.1) is 0 Å². The van der Waals surface area contributed by atoms with Gasteiger partial charge in [-0.1, -0.05) is 17.7 Å². The number of sulfonamides is 1. The minimum atomic E-state index is -3.74. The van der Waals surface area contributed by atoms with Crippen LogP contribution in [0.2, 0.25) is 5.02 Å². The third kappa shape index (κ3) is 4.39. The summed E-state index contributed by atoms with van der Waals surface area (Å²) in [5.41, 5.74) is 1.39. The van der Waals surface area contributed by atoms with Crippen molar-refractivity contribution < 1.29 is 13.2 Å². The van der Waals surface area contributed by atoms with E-state index in [-0.39, 0.29) is 10.8 Å². The molecule has 0 aliphatic rings. The van der Waals surface area contributed by atoms with Crippen LogP contribution in [0.25, 0.3) is 0 Å². The highest BCUT2D eigenvalue weighted by Crippen LogP contribution is 2.21. The van der Waals surface area contributed by atoms with E-state index in [1.54, 1.807) is 35.7 Å². The summed E-state index contributed by atoms with van der Waals surface area (Å²) in [7, 11) is -3.74. The van der Waals surface area contributed by atoms with E-state index in [2.05, 4.69) is 10.0 Å². The van der Waals surface area contributed by atoms with Crippen molar-refractivity contribution in [2.45, 2.75) is 4.90 Å². The minimum Gasteiger partial charge on any atom is -0.322 e. The number of carbonyl (C=O) groups excluding carboxylic acids is 1. The van der Waals surface area contributed by atoms with Crippen molar-refractivity contribution in [2.24, 2.45) is 0 Å². The second-order valence-electron chi connectivity index (χ2n) is 5.11. The van der Waals surface area contributed by atoms with Gasteiger partial charge in [-0.3, -0.25) is 9.52 Å². The fourth-order valence-corrected chi connectivity index (χ4v) is 3.90. The Kier molecular flexibility index (Phi) is 5.08. The SMILES string of the molecule is O=C(Nc1cccc(NS(=O)(=O)c2ccc(Cl)cc2)c1)c1ccsc1. The molecule has 0 saturated carbocycles. The Morgan fingerprint density at radius 2 is 1.72 bits per heavy atom. The van der Waals surface area contributed by atoms with Gasteiger partial charge in [0.05, 0.1) is 16.1 Å². The summed E-state index contributed by atoms with van der Waals surface area (Å²) in [5, 5.41) is 6.74. The Hall–Kier alpha value is -2.35. The second-order valence-corrected chi connectivity index (χ2v) is 8.01. The van der Waals surface area contributed by atoms with Gasteiger partial charge >= 0.3 is 0 Å². The van der Waals surface area contributed by atoms with E-state index < -0.39 is 10.0 Å². The Morgan fingerprint density at radius 1 is 1.00 bits per heavy atom. The van der Waals surface area contributed by atoms with Crippen molar-refractivity contribution in [1.82, 2.24) is 0 Å². The highest BCUT2D eigenvalue weighted by atomic mass is 35.5. The molecule has 5 nitrogen and oxygen atoms in total. The lowest BCUT2D eigenvalue weighted by molar-refractivity contribution is 0.102. The number of halogens is 1. The molecule has 0 aliphatic carbocycles. The summed E-state index contributed by atoms with van der Waals surface area (Å²) in [6.07, 6.45) is 0. The maximum atomic E-state index is 12.4. The molecule has 0 radical (unpaired) electrons. The molecule has 0 fully saturated rings. The molecule has 1 aromatic heterocycles. The van der Waals surface area contributed by atoms with Crippen LogP contribution in [0.5, 0.6) is 0 Å². The van der Waals surface area contributed by atoms with Crippen LogP contribution in [-0.4, -0.2) is 14.3 Å². The first-order valence-electron chi connectivity index (χ1n) is 7.16. The first-order chi connectivity index (χ1) is 11.9. The third-order valence-electron chi connectivity index (χ3n) is 3.28. The summed E-state index contributed by atoms with van der Waals surface area (Å²) >= 11 is 7.20. The average molecular weight is 393 g/mol. The van der Waals surface area contributed by atoms with Crippen molar-refractivity contribution in [3.05, 3.63) is 75.9 Å². The molecule has 1 heterocycles. The number of thiophene rings is 1. The maximum Gasteiger partial charge on any atom is 0.261 e. The molecule has 25 heavy (non-hydrogen) atoms. The smallest absolute Gasteiger partial charge is 0.261 e. The van der Waals surface area contributed by atoms with Gasteiger partial charge in [0.2, 0.25) is 0 Å². The van der Waals surface area contributed by atoms with E-state index in [1.165, 1.54) is 35.6 Å². The number of hydrogen-bond donors (Lipinski definition) is 2. The summed E-state index contributed by atoms with van der Waals surface area (Å²) in [4.78, 5) is 12.2. The molecular formula is C17H13ClN2O3S2. The third-order valence-corrected chi connectivity index (χ3v) is 5.61. The van der Waals surface area contributed by atoms with Gasteiger partial charge < -0.3 is 5.32 Å². The fourth-order valence-electron chi connectivity index (χ4n) is 2.09. The highest BCUT2D eigenvalue weighted by molar-refractivity contribution is 7.92. The van der Waals surface area contributed by atoms with Gasteiger partial charge in [0.1, 0.15) is 0 Å². The molecule has 2 N–H and O–H groups in total. The lowest BCUT2D eigenvalue weighted by atomic mass is 10.2. The Morgan fingerprint density at radius 3 is 2.40 bits per heavy atom. The number of benzene rings is 2. The van der Waals surface area contributed by atoms with Gasteiger partial charge in [-0.25, -0.2) is 8.42 Å². The summed E-state index contributed by atoms with van der Waals surface area (Å²) in [6.45, 7) is 0.